The molecular weight excluding hydrogens is 272 g/mol. The lowest BCUT2D eigenvalue weighted by Gasteiger charge is -2.20. The summed E-state index contributed by atoms with van der Waals surface area (Å²) in [6.07, 6.45) is 4.23. The van der Waals surface area contributed by atoms with E-state index in [1.807, 2.05) is 19.1 Å². The van der Waals surface area contributed by atoms with Gasteiger partial charge in [0.25, 0.3) is 0 Å². The molecule has 1 aromatic rings. The largest absolute Gasteiger partial charge is 0.348 e. The maximum absolute atomic E-state index is 12.3. The molecule has 0 aromatic heterocycles. The van der Waals surface area contributed by atoms with Crippen LogP contribution in [-0.4, -0.2) is 5.91 Å². The minimum Gasteiger partial charge on any atom is -0.348 e. The topological polar surface area (TPSA) is 52.9 Å². The van der Waals surface area contributed by atoms with Gasteiger partial charge in [-0.05, 0) is 43.4 Å². The molecule has 1 aliphatic carbocycles. The number of nitrogens with zero attached hydrogens (tertiary/aromatic N) is 1. The summed E-state index contributed by atoms with van der Waals surface area (Å²) < 4.78 is 0. The van der Waals surface area contributed by atoms with Gasteiger partial charge in [-0.1, -0.05) is 36.6 Å². The lowest BCUT2D eigenvalue weighted by molar-refractivity contribution is -0.125. The minimum absolute atomic E-state index is 0.114. The Kier molecular flexibility index (Phi) is 5.03. The first-order valence-electron chi connectivity index (χ1n) is 7.07. The molecule has 0 radical (unpaired) electrons. The second-order valence-electron chi connectivity index (χ2n) is 5.43. The van der Waals surface area contributed by atoms with E-state index < -0.39 is 5.92 Å². The van der Waals surface area contributed by atoms with Crippen LogP contribution < -0.4 is 5.32 Å². The van der Waals surface area contributed by atoms with Crippen molar-refractivity contribution in [2.24, 2.45) is 11.8 Å². The third kappa shape index (κ3) is 3.52. The Labute approximate surface area is 124 Å². The van der Waals surface area contributed by atoms with Crippen LogP contribution in [0.4, 0.5) is 0 Å². The van der Waals surface area contributed by atoms with Crippen LogP contribution in [0.3, 0.4) is 0 Å². The normalized spacial score (nSPS) is 18.2. The first-order chi connectivity index (χ1) is 9.61. The predicted molar refractivity (Wildman–Crippen MR) is 79.1 cm³/mol. The second-order valence-corrected chi connectivity index (χ2v) is 5.87. The van der Waals surface area contributed by atoms with Gasteiger partial charge in [0.2, 0.25) is 5.91 Å². The van der Waals surface area contributed by atoms with Gasteiger partial charge in [-0.25, -0.2) is 0 Å². The summed E-state index contributed by atoms with van der Waals surface area (Å²) in [5.41, 5.74) is 0.992. The Morgan fingerprint density at radius 1 is 1.35 bits per heavy atom. The molecule has 4 heteroatoms. The van der Waals surface area contributed by atoms with Crippen LogP contribution in [0.15, 0.2) is 24.3 Å². The highest BCUT2D eigenvalue weighted by Crippen LogP contribution is 2.31. The molecule has 0 spiro atoms. The predicted octanol–water partition coefficient (Wildman–Crippen LogP) is 3.85. The molecule has 2 atom stereocenters. The number of halogens is 1. The Morgan fingerprint density at radius 2 is 1.95 bits per heavy atom. The lowest BCUT2D eigenvalue weighted by atomic mass is 9.91. The van der Waals surface area contributed by atoms with Crippen LogP contribution in [-0.2, 0) is 4.79 Å². The number of carbonyl (C=O) groups is 1. The van der Waals surface area contributed by atoms with Gasteiger partial charge < -0.3 is 5.32 Å². The fraction of sp³-hybridized carbons (Fsp3) is 0.500. The number of rotatable bonds is 4. The zero-order chi connectivity index (χ0) is 14.5. The van der Waals surface area contributed by atoms with Gasteiger partial charge in [0.05, 0.1) is 12.1 Å². The smallest absolute Gasteiger partial charge is 0.238 e. The van der Waals surface area contributed by atoms with Gasteiger partial charge in [0.15, 0.2) is 0 Å². The fourth-order valence-electron chi connectivity index (χ4n) is 2.81. The van der Waals surface area contributed by atoms with E-state index in [4.69, 9.17) is 11.6 Å². The van der Waals surface area contributed by atoms with E-state index in [9.17, 15) is 10.1 Å². The summed E-state index contributed by atoms with van der Waals surface area (Å²) in [4.78, 5) is 12.3. The SMILES string of the molecule is CC(NC(=O)C(C#N)C1CCCC1)c1ccc(Cl)cc1. The Bertz CT molecular complexity index is 500. The summed E-state index contributed by atoms with van der Waals surface area (Å²) in [7, 11) is 0. The van der Waals surface area contributed by atoms with Crippen LogP contribution in [0.2, 0.25) is 5.02 Å². The van der Waals surface area contributed by atoms with Crippen molar-refractivity contribution in [2.45, 2.75) is 38.6 Å². The molecule has 1 amide bonds. The van der Waals surface area contributed by atoms with Crippen LogP contribution in [0.5, 0.6) is 0 Å². The second kappa shape index (κ2) is 6.76. The third-order valence-corrected chi connectivity index (χ3v) is 4.27. The zero-order valence-electron chi connectivity index (χ0n) is 11.6. The molecule has 0 bridgehead atoms. The fourth-order valence-corrected chi connectivity index (χ4v) is 2.93. The van der Waals surface area contributed by atoms with Crippen molar-refractivity contribution in [3.8, 4) is 6.07 Å². The standard InChI is InChI=1S/C16H19ClN2O/c1-11(12-6-8-14(17)9-7-12)19-16(20)15(10-18)13-4-2-3-5-13/h6-9,11,13,15H,2-5H2,1H3,(H,19,20). The van der Waals surface area contributed by atoms with Gasteiger partial charge >= 0.3 is 0 Å². The molecule has 2 unspecified atom stereocenters. The van der Waals surface area contributed by atoms with Crippen LogP contribution >= 0.6 is 11.6 Å². The van der Waals surface area contributed by atoms with Crippen molar-refractivity contribution in [1.29, 1.82) is 5.26 Å². The number of hydrogen-bond donors (Lipinski definition) is 1. The molecule has 106 valence electrons. The van der Waals surface area contributed by atoms with E-state index in [1.165, 1.54) is 0 Å². The van der Waals surface area contributed by atoms with Crippen molar-refractivity contribution in [3.63, 3.8) is 0 Å². The van der Waals surface area contributed by atoms with Crippen molar-refractivity contribution in [1.82, 2.24) is 5.32 Å². The number of amides is 1. The average molecular weight is 291 g/mol. The number of benzene rings is 1. The summed E-state index contributed by atoms with van der Waals surface area (Å²) in [6, 6.07) is 9.46. The molecule has 0 aliphatic heterocycles. The van der Waals surface area contributed by atoms with Crippen molar-refractivity contribution < 1.29 is 4.79 Å². The van der Waals surface area contributed by atoms with E-state index in [1.54, 1.807) is 12.1 Å². The number of hydrogen-bond acceptors (Lipinski definition) is 2. The quantitative estimate of drug-likeness (QED) is 0.916. The highest BCUT2D eigenvalue weighted by molar-refractivity contribution is 6.30. The Hall–Kier alpha value is -1.53. The molecule has 2 rings (SSSR count). The minimum atomic E-state index is -0.521. The van der Waals surface area contributed by atoms with E-state index >= 15 is 0 Å². The van der Waals surface area contributed by atoms with Crippen molar-refractivity contribution >= 4 is 17.5 Å². The molecule has 0 saturated heterocycles. The van der Waals surface area contributed by atoms with Gasteiger partial charge in [-0.2, -0.15) is 5.26 Å². The van der Waals surface area contributed by atoms with Gasteiger partial charge in [-0.15, -0.1) is 0 Å². The summed E-state index contributed by atoms with van der Waals surface area (Å²) >= 11 is 5.85. The molecule has 3 nitrogen and oxygen atoms in total. The monoisotopic (exact) mass is 290 g/mol. The summed E-state index contributed by atoms with van der Waals surface area (Å²) in [5.74, 6) is -0.452. The number of nitriles is 1. The highest BCUT2D eigenvalue weighted by Gasteiger charge is 2.31. The maximum atomic E-state index is 12.3. The van der Waals surface area contributed by atoms with E-state index in [-0.39, 0.29) is 17.9 Å². The Balaban J connectivity index is 1.99. The zero-order valence-corrected chi connectivity index (χ0v) is 12.4. The van der Waals surface area contributed by atoms with Crippen LogP contribution in [0, 0.1) is 23.2 Å². The van der Waals surface area contributed by atoms with E-state index in [2.05, 4.69) is 11.4 Å². The molecule has 0 heterocycles. The van der Waals surface area contributed by atoms with Gasteiger partial charge in [0, 0.05) is 5.02 Å². The molecule has 1 aliphatic rings. The van der Waals surface area contributed by atoms with E-state index in [0.29, 0.717) is 5.02 Å². The first-order valence-corrected chi connectivity index (χ1v) is 7.45. The number of nitrogens with one attached hydrogen (secondary N) is 1. The third-order valence-electron chi connectivity index (χ3n) is 4.02. The molecule has 20 heavy (non-hydrogen) atoms. The van der Waals surface area contributed by atoms with Crippen LogP contribution in [0.25, 0.3) is 0 Å². The molecule has 1 saturated carbocycles. The highest BCUT2D eigenvalue weighted by atomic mass is 35.5. The summed E-state index contributed by atoms with van der Waals surface area (Å²) in [6.45, 7) is 1.92. The van der Waals surface area contributed by atoms with E-state index in [0.717, 1.165) is 31.2 Å². The van der Waals surface area contributed by atoms with Gasteiger partial charge in [0.1, 0.15) is 5.92 Å². The molecule has 1 aromatic carbocycles. The molecular formula is C16H19ClN2O. The Morgan fingerprint density at radius 3 is 2.50 bits per heavy atom. The first kappa shape index (κ1) is 14.9. The lowest BCUT2D eigenvalue weighted by Crippen LogP contribution is -2.35. The summed E-state index contributed by atoms with van der Waals surface area (Å²) in [5, 5.41) is 12.9. The molecule has 1 fully saturated rings. The van der Waals surface area contributed by atoms with Crippen LogP contribution in [0.1, 0.15) is 44.2 Å². The van der Waals surface area contributed by atoms with Crippen molar-refractivity contribution in [3.05, 3.63) is 34.9 Å². The number of carbonyl (C=O) groups excluding carboxylic acids is 1. The molecule has 1 N–H and O–H groups in total. The van der Waals surface area contributed by atoms with Gasteiger partial charge in [-0.3, -0.25) is 4.79 Å². The average Bonchev–Trinajstić information content (AvgIpc) is 2.94. The maximum Gasteiger partial charge on any atom is 0.238 e. The van der Waals surface area contributed by atoms with Crippen molar-refractivity contribution in [2.75, 3.05) is 0 Å².